The first kappa shape index (κ1) is 18.8. The van der Waals surface area contributed by atoms with Crippen LogP contribution in [0.2, 0.25) is 0 Å². The van der Waals surface area contributed by atoms with Gasteiger partial charge in [-0.05, 0) is 75.5 Å². The zero-order valence-electron chi connectivity index (χ0n) is 15.3. The van der Waals surface area contributed by atoms with E-state index in [1.807, 2.05) is 6.92 Å². The number of allylic oxidation sites excluding steroid dienone is 4. The van der Waals surface area contributed by atoms with Crippen LogP contribution in [-0.2, 0) is 4.79 Å². The van der Waals surface area contributed by atoms with Crippen molar-refractivity contribution in [1.82, 2.24) is 0 Å². The molecule has 2 nitrogen and oxygen atoms in total. The maximum absolute atomic E-state index is 10.6. The highest BCUT2D eigenvalue weighted by atomic mass is 16.4. The molecule has 0 heterocycles. The summed E-state index contributed by atoms with van der Waals surface area (Å²) in [5, 5.41) is 8.70. The van der Waals surface area contributed by atoms with E-state index < -0.39 is 5.97 Å². The molecule has 2 saturated carbocycles. The molecule has 0 saturated heterocycles. The van der Waals surface area contributed by atoms with E-state index in [0.29, 0.717) is 12.3 Å². The molecule has 2 aliphatic rings. The molecule has 24 heavy (non-hydrogen) atoms. The molecule has 1 N–H and O–H groups in total. The highest BCUT2D eigenvalue weighted by Crippen LogP contribution is 2.50. The molecule has 132 valence electrons. The van der Waals surface area contributed by atoms with Gasteiger partial charge in [0.15, 0.2) is 0 Å². The van der Waals surface area contributed by atoms with E-state index in [-0.39, 0.29) is 0 Å². The molecule has 0 aromatic heterocycles. The molecular formula is C22H32O2. The Morgan fingerprint density at radius 3 is 2.96 bits per heavy atom. The van der Waals surface area contributed by atoms with Gasteiger partial charge in [-0.1, -0.05) is 30.7 Å². The Bertz CT molecular complexity index is 532. The van der Waals surface area contributed by atoms with Gasteiger partial charge in [-0.25, -0.2) is 0 Å². The molecule has 2 fully saturated rings. The number of unbranched alkanes of at least 4 members (excludes halogenated alkanes) is 1. The summed E-state index contributed by atoms with van der Waals surface area (Å²) in [5.41, 5.74) is 1.58. The molecule has 0 aromatic rings. The lowest BCUT2D eigenvalue weighted by molar-refractivity contribution is -0.137. The van der Waals surface area contributed by atoms with Crippen molar-refractivity contribution in [2.75, 3.05) is 0 Å². The highest BCUT2D eigenvalue weighted by Gasteiger charge is 2.39. The fourth-order valence-corrected chi connectivity index (χ4v) is 4.29. The fourth-order valence-electron chi connectivity index (χ4n) is 4.29. The number of rotatable bonds is 8. The zero-order chi connectivity index (χ0) is 17.4. The van der Waals surface area contributed by atoms with Crippen LogP contribution in [0.3, 0.4) is 0 Å². The summed E-state index contributed by atoms with van der Waals surface area (Å²) in [6.45, 7) is 4.19. The third-order valence-corrected chi connectivity index (χ3v) is 5.63. The number of hydrogen-bond acceptors (Lipinski definition) is 1. The molecule has 0 spiro atoms. The molecule has 2 aliphatic carbocycles. The molecule has 2 heteroatoms. The van der Waals surface area contributed by atoms with E-state index in [0.717, 1.165) is 43.4 Å². The number of hydrogen-bond donors (Lipinski definition) is 1. The van der Waals surface area contributed by atoms with Gasteiger partial charge in [-0.2, -0.15) is 0 Å². The van der Waals surface area contributed by atoms with Crippen LogP contribution in [0.25, 0.3) is 0 Å². The van der Waals surface area contributed by atoms with Gasteiger partial charge in [-0.15, -0.1) is 11.8 Å². The monoisotopic (exact) mass is 328 g/mol. The van der Waals surface area contributed by atoms with Gasteiger partial charge in [0.25, 0.3) is 0 Å². The van der Waals surface area contributed by atoms with Crippen molar-refractivity contribution in [2.24, 2.45) is 23.7 Å². The molecule has 0 amide bonds. The van der Waals surface area contributed by atoms with Crippen LogP contribution in [0, 0.1) is 35.5 Å². The molecule has 4 atom stereocenters. The van der Waals surface area contributed by atoms with Crippen LogP contribution in [0.5, 0.6) is 0 Å². The number of fused-ring (bicyclic) bond motifs is 1. The van der Waals surface area contributed by atoms with E-state index in [1.54, 1.807) is 5.57 Å². The molecule has 0 aromatic carbocycles. The molecule has 2 unspecified atom stereocenters. The van der Waals surface area contributed by atoms with Gasteiger partial charge in [0.1, 0.15) is 0 Å². The number of carboxylic acids is 1. The van der Waals surface area contributed by atoms with Crippen LogP contribution < -0.4 is 0 Å². The van der Waals surface area contributed by atoms with Crippen LogP contribution in [0.15, 0.2) is 23.8 Å². The van der Waals surface area contributed by atoms with Gasteiger partial charge in [0, 0.05) is 12.8 Å². The van der Waals surface area contributed by atoms with Crippen molar-refractivity contribution in [1.29, 1.82) is 0 Å². The van der Waals surface area contributed by atoms with Crippen molar-refractivity contribution in [3.05, 3.63) is 23.8 Å². The molecule has 2 rings (SSSR count). The first-order valence-electron chi connectivity index (χ1n) is 9.56. The minimum absolute atomic E-state index is 0.294. The van der Waals surface area contributed by atoms with Crippen LogP contribution in [0.4, 0.5) is 0 Å². The van der Waals surface area contributed by atoms with Crippen molar-refractivity contribution < 1.29 is 9.90 Å². The minimum Gasteiger partial charge on any atom is -0.481 e. The second-order valence-electron chi connectivity index (χ2n) is 7.62. The Labute approximate surface area is 147 Å². The zero-order valence-corrected chi connectivity index (χ0v) is 15.3. The lowest BCUT2D eigenvalue weighted by atomic mass is 9.91. The van der Waals surface area contributed by atoms with E-state index >= 15 is 0 Å². The number of aliphatic carboxylic acids is 1. The lowest BCUT2D eigenvalue weighted by Gasteiger charge is -2.14. The lowest BCUT2D eigenvalue weighted by Crippen LogP contribution is -2.06. The smallest absolute Gasteiger partial charge is 0.303 e. The maximum Gasteiger partial charge on any atom is 0.303 e. The summed E-state index contributed by atoms with van der Waals surface area (Å²) in [5.74, 6) is 8.58. The highest BCUT2D eigenvalue weighted by molar-refractivity contribution is 5.66. The van der Waals surface area contributed by atoms with Crippen LogP contribution in [-0.4, -0.2) is 11.1 Å². The van der Waals surface area contributed by atoms with Crippen molar-refractivity contribution in [2.45, 2.75) is 71.6 Å². The molecule has 0 bridgehead atoms. The van der Waals surface area contributed by atoms with Gasteiger partial charge >= 0.3 is 5.97 Å². The summed E-state index contributed by atoms with van der Waals surface area (Å²) in [4.78, 5) is 10.6. The van der Waals surface area contributed by atoms with E-state index in [4.69, 9.17) is 5.11 Å². The van der Waals surface area contributed by atoms with Gasteiger partial charge in [0.05, 0.1) is 0 Å². The van der Waals surface area contributed by atoms with Crippen molar-refractivity contribution in [3.8, 4) is 11.8 Å². The quantitative estimate of drug-likeness (QED) is 0.358. The first-order valence-corrected chi connectivity index (χ1v) is 9.56. The Balaban J connectivity index is 1.76. The Kier molecular flexibility index (Phi) is 7.63. The largest absolute Gasteiger partial charge is 0.481 e. The molecule has 0 radical (unpaired) electrons. The second-order valence-corrected chi connectivity index (χ2v) is 7.62. The van der Waals surface area contributed by atoms with Crippen molar-refractivity contribution >= 4 is 5.97 Å². The van der Waals surface area contributed by atoms with E-state index in [2.05, 4.69) is 37.0 Å². The summed E-state index contributed by atoms with van der Waals surface area (Å²) in [6, 6.07) is 0. The van der Waals surface area contributed by atoms with Gasteiger partial charge in [-0.3, -0.25) is 4.79 Å². The summed E-state index contributed by atoms with van der Waals surface area (Å²) >= 11 is 0. The molecular weight excluding hydrogens is 296 g/mol. The standard InChI is InChI=1S/C22H32O2/c1-3-4-8-17(2)9-7-11-19-13-14-20-15-18(16-21(19)20)10-5-6-12-22(23)24/h7,10-11,17,19-21H,5-6,8-9,12-16H2,1-2H3,(H,23,24)/b11-7+,18-10+/t17?,19?,20-,21-/m1/s1. The van der Waals surface area contributed by atoms with Crippen molar-refractivity contribution in [3.63, 3.8) is 0 Å². The van der Waals surface area contributed by atoms with Crippen LogP contribution >= 0.6 is 0 Å². The fraction of sp³-hybridized carbons (Fsp3) is 0.682. The average molecular weight is 328 g/mol. The average Bonchev–Trinajstić information content (AvgIpc) is 3.10. The van der Waals surface area contributed by atoms with E-state index in [1.165, 1.54) is 25.7 Å². The minimum atomic E-state index is -0.680. The van der Waals surface area contributed by atoms with Crippen LogP contribution in [0.1, 0.15) is 71.6 Å². The summed E-state index contributed by atoms with van der Waals surface area (Å²) in [6.07, 6.45) is 16.5. The summed E-state index contributed by atoms with van der Waals surface area (Å²) < 4.78 is 0. The number of carboxylic acid groups (broad SMARTS) is 1. The Morgan fingerprint density at radius 2 is 2.21 bits per heavy atom. The second kappa shape index (κ2) is 9.72. The topological polar surface area (TPSA) is 37.3 Å². The van der Waals surface area contributed by atoms with Gasteiger partial charge in [0.2, 0.25) is 0 Å². The first-order chi connectivity index (χ1) is 11.6. The number of carbonyl (C=O) groups is 1. The predicted octanol–water partition coefficient (Wildman–Crippen LogP) is 5.60. The third-order valence-electron chi connectivity index (χ3n) is 5.63. The SMILES string of the molecule is CC#CCC(C)C/C=C/C1CC[C@@H]2C/C(=C\CCCC(=O)O)C[C@H]12. The maximum atomic E-state index is 10.6. The predicted molar refractivity (Wildman–Crippen MR) is 99.5 cm³/mol. The summed E-state index contributed by atoms with van der Waals surface area (Å²) in [7, 11) is 0. The molecule has 0 aliphatic heterocycles. The third kappa shape index (κ3) is 5.86. The Morgan fingerprint density at radius 1 is 1.38 bits per heavy atom. The normalized spacial score (nSPS) is 28.8. The Hall–Kier alpha value is -1.49. The van der Waals surface area contributed by atoms with Gasteiger partial charge < -0.3 is 5.11 Å². The van der Waals surface area contributed by atoms with E-state index in [9.17, 15) is 4.79 Å².